The molecule has 1 aromatic rings. The molecule has 80 heavy (non-hydrogen) atoms. The van der Waals surface area contributed by atoms with Crippen LogP contribution in [0.4, 0.5) is 5.69 Å². The minimum atomic E-state index is -0.952. The molecule has 1 fully saturated rings. The van der Waals surface area contributed by atoms with E-state index < -0.39 is 72.2 Å². The molecule has 2 rings (SSSR count). The zero-order valence-electron chi connectivity index (χ0n) is 50.5. The fraction of sp³-hybridized carbons (Fsp3) is 0.724. The molecule has 7 amide bonds. The molecule has 6 N–H and O–H groups in total. The SMILES string of the molecule is CCC(NC(=O)CCOCCOCCC(=O)O)C(=O)Nc1ccc(CONC(=O)C=CC(CC(C)C)NC(=O)C(C)C(OC)C2CCCN2C(=O)CC(OC)C(C(C)CC)N(C)C(=O)C(NC(=O)C(C(C)C)N(C)C)C(C)C)cc1. The summed E-state index contributed by atoms with van der Waals surface area (Å²) in [6.07, 6.45) is 4.38. The van der Waals surface area contributed by atoms with E-state index in [0.717, 1.165) is 0 Å². The van der Waals surface area contributed by atoms with Gasteiger partial charge in [-0.25, -0.2) is 5.48 Å². The van der Waals surface area contributed by atoms with Gasteiger partial charge in [0.05, 0.1) is 82.1 Å². The van der Waals surface area contributed by atoms with Gasteiger partial charge in [-0.05, 0) is 81.1 Å². The maximum Gasteiger partial charge on any atom is 0.305 e. The van der Waals surface area contributed by atoms with Gasteiger partial charge in [-0.2, -0.15) is 0 Å². The number of ether oxygens (including phenoxy) is 4. The highest BCUT2D eigenvalue weighted by atomic mass is 16.6. The van der Waals surface area contributed by atoms with Crippen LogP contribution in [0.25, 0.3) is 0 Å². The second-order valence-corrected chi connectivity index (χ2v) is 22.2. The molecule has 22 nitrogen and oxygen atoms in total. The number of anilines is 1. The van der Waals surface area contributed by atoms with E-state index in [9.17, 15) is 38.4 Å². The summed E-state index contributed by atoms with van der Waals surface area (Å²) >= 11 is 0. The molecule has 454 valence electrons. The van der Waals surface area contributed by atoms with E-state index in [1.807, 2.05) is 74.4 Å². The van der Waals surface area contributed by atoms with Crippen LogP contribution in [0.5, 0.6) is 0 Å². The van der Waals surface area contributed by atoms with Crippen LogP contribution < -0.4 is 26.7 Å². The number of benzene rings is 1. The monoisotopic (exact) mass is 1130 g/mol. The highest BCUT2D eigenvalue weighted by molar-refractivity contribution is 5.97. The quantitative estimate of drug-likeness (QED) is 0.0298. The van der Waals surface area contributed by atoms with Gasteiger partial charge >= 0.3 is 5.97 Å². The van der Waals surface area contributed by atoms with Crippen molar-refractivity contribution in [2.24, 2.45) is 29.6 Å². The number of likely N-dealkylation sites (tertiary alicyclic amines) is 1. The van der Waals surface area contributed by atoms with Crippen molar-refractivity contribution >= 4 is 53.0 Å². The molecule has 0 bridgehead atoms. The lowest BCUT2D eigenvalue weighted by atomic mass is 9.89. The molecule has 1 aliphatic heterocycles. The second kappa shape index (κ2) is 36.8. The average Bonchev–Trinajstić information content (AvgIpc) is 3.88. The van der Waals surface area contributed by atoms with Crippen LogP contribution in [0.15, 0.2) is 36.4 Å². The third-order valence-corrected chi connectivity index (χ3v) is 14.5. The summed E-state index contributed by atoms with van der Waals surface area (Å²) in [5.41, 5.74) is 3.59. The Labute approximate surface area is 475 Å². The number of methoxy groups -OCH3 is 2. The summed E-state index contributed by atoms with van der Waals surface area (Å²) in [4.78, 5) is 116. The zero-order valence-corrected chi connectivity index (χ0v) is 50.5. The molecule has 10 atom stereocenters. The largest absolute Gasteiger partial charge is 0.481 e. The second-order valence-electron chi connectivity index (χ2n) is 22.2. The summed E-state index contributed by atoms with van der Waals surface area (Å²) in [5, 5.41) is 20.3. The van der Waals surface area contributed by atoms with Crippen molar-refractivity contribution < 1.29 is 67.2 Å². The molecule has 0 spiro atoms. The number of carbonyl (C=O) groups is 8. The minimum Gasteiger partial charge on any atom is -0.481 e. The third-order valence-electron chi connectivity index (χ3n) is 14.5. The Kier molecular flexibility index (Phi) is 32.4. The van der Waals surface area contributed by atoms with Gasteiger partial charge in [0.15, 0.2) is 0 Å². The van der Waals surface area contributed by atoms with Crippen LogP contribution >= 0.6 is 0 Å². The Balaban J connectivity index is 2.04. The summed E-state index contributed by atoms with van der Waals surface area (Å²) in [7, 11) is 8.48. The number of nitrogens with zero attached hydrogens (tertiary/aromatic N) is 3. The molecule has 0 saturated carbocycles. The first-order chi connectivity index (χ1) is 37.8. The number of aliphatic carboxylic acids is 1. The molecule has 0 aromatic heterocycles. The van der Waals surface area contributed by atoms with Crippen LogP contribution in [0.2, 0.25) is 0 Å². The van der Waals surface area contributed by atoms with Crippen LogP contribution in [-0.2, 0) is 68.7 Å². The number of rotatable bonds is 38. The van der Waals surface area contributed by atoms with E-state index in [-0.39, 0.29) is 106 Å². The lowest BCUT2D eigenvalue weighted by Crippen LogP contribution is -2.59. The molecule has 10 unspecified atom stereocenters. The summed E-state index contributed by atoms with van der Waals surface area (Å²) < 4.78 is 22.6. The molecule has 1 heterocycles. The van der Waals surface area contributed by atoms with Crippen molar-refractivity contribution in [3.63, 3.8) is 0 Å². The van der Waals surface area contributed by atoms with Gasteiger partial charge in [-0.3, -0.25) is 48.1 Å². The van der Waals surface area contributed by atoms with E-state index in [0.29, 0.717) is 49.9 Å². The van der Waals surface area contributed by atoms with Crippen molar-refractivity contribution in [3.8, 4) is 0 Å². The van der Waals surface area contributed by atoms with E-state index in [1.165, 1.54) is 13.2 Å². The third kappa shape index (κ3) is 23.9. The lowest BCUT2D eigenvalue weighted by molar-refractivity contribution is -0.148. The molecule has 0 radical (unpaired) electrons. The van der Waals surface area contributed by atoms with Crippen LogP contribution in [-0.4, -0.2) is 184 Å². The Morgan fingerprint density at radius 3 is 1.95 bits per heavy atom. The summed E-state index contributed by atoms with van der Waals surface area (Å²) in [6, 6.07) is 3.33. The molecule has 1 aliphatic rings. The molecule has 1 aromatic carbocycles. The first kappa shape index (κ1) is 70.6. The van der Waals surface area contributed by atoms with Gasteiger partial charge in [-0.15, -0.1) is 0 Å². The topological polar surface area (TPSA) is 273 Å². The Bertz CT molecular complexity index is 2120. The van der Waals surface area contributed by atoms with Gasteiger partial charge in [0.1, 0.15) is 12.1 Å². The predicted molar refractivity (Wildman–Crippen MR) is 304 cm³/mol. The highest BCUT2D eigenvalue weighted by Crippen LogP contribution is 2.30. The van der Waals surface area contributed by atoms with Gasteiger partial charge in [-0.1, -0.05) is 93.9 Å². The van der Waals surface area contributed by atoms with Gasteiger partial charge in [0, 0.05) is 52.0 Å². The zero-order chi connectivity index (χ0) is 60.2. The van der Waals surface area contributed by atoms with Gasteiger partial charge in [0.25, 0.3) is 5.91 Å². The highest BCUT2D eigenvalue weighted by Gasteiger charge is 2.43. The Morgan fingerprint density at radius 1 is 0.775 bits per heavy atom. The maximum absolute atomic E-state index is 14.4. The Morgan fingerprint density at radius 2 is 1.41 bits per heavy atom. The van der Waals surface area contributed by atoms with Crippen molar-refractivity contribution in [2.45, 2.75) is 176 Å². The Hall–Kier alpha value is -5.52. The minimum absolute atomic E-state index is 0.0121. The van der Waals surface area contributed by atoms with Crippen molar-refractivity contribution in [1.82, 2.24) is 36.1 Å². The average molecular weight is 1130 g/mol. The number of hydrogen-bond donors (Lipinski definition) is 6. The van der Waals surface area contributed by atoms with Crippen LogP contribution in [0.3, 0.4) is 0 Å². The molecular weight excluding hydrogens is 1030 g/mol. The van der Waals surface area contributed by atoms with Crippen molar-refractivity contribution in [3.05, 3.63) is 42.0 Å². The number of amides is 7. The summed E-state index contributed by atoms with van der Waals surface area (Å²) in [6.45, 7) is 20.4. The summed E-state index contributed by atoms with van der Waals surface area (Å²) in [5.74, 6) is -4.04. The predicted octanol–water partition coefficient (Wildman–Crippen LogP) is 4.70. The standard InChI is InChI=1S/C58H98N8O14/c1-16-39(9)53(65(13)58(75)51(37(5)6)62-57(74)52(38(7)8)64(11)12)46(76-14)34-49(69)66-28-18-19-45(66)54(77-15)40(10)55(72)60-43(33-36(3)4)24-25-48(68)63-80-35-41-20-22-42(23-21-41)59-56(73)44(17-2)61-47(67)26-29-78-31-32-79-30-27-50(70)71/h20-25,36-40,43-46,51-54H,16-19,26-35H2,1-15H3,(H,59,73)(H,60,72)(H,61,67)(H,62,74)(H,63,68)(H,70,71). The first-order valence-electron chi connectivity index (χ1n) is 28.4. The molecule has 0 aliphatic carbocycles. The fourth-order valence-corrected chi connectivity index (χ4v) is 10.0. The number of hydrogen-bond acceptors (Lipinski definition) is 14. The van der Waals surface area contributed by atoms with Gasteiger partial charge in [0.2, 0.25) is 35.4 Å². The van der Waals surface area contributed by atoms with E-state index in [1.54, 1.807) is 68.1 Å². The first-order valence-corrected chi connectivity index (χ1v) is 28.4. The van der Waals surface area contributed by atoms with E-state index >= 15 is 0 Å². The van der Waals surface area contributed by atoms with E-state index in [2.05, 4.69) is 26.7 Å². The van der Waals surface area contributed by atoms with Crippen molar-refractivity contribution in [2.75, 3.05) is 73.7 Å². The van der Waals surface area contributed by atoms with Crippen LogP contribution in [0, 0.1) is 29.6 Å². The van der Waals surface area contributed by atoms with Gasteiger partial charge < -0.3 is 55.1 Å². The normalized spacial score (nSPS) is 17.1. The number of likely N-dealkylation sites (N-methyl/N-ethyl adjacent to an activating group) is 2. The maximum atomic E-state index is 14.4. The van der Waals surface area contributed by atoms with Crippen LogP contribution in [0.1, 0.15) is 126 Å². The molecular formula is C58H98N8O14. The number of carbonyl (C=O) groups excluding carboxylic acids is 7. The lowest BCUT2D eigenvalue weighted by Gasteiger charge is -2.41. The van der Waals surface area contributed by atoms with E-state index in [4.69, 9.17) is 28.9 Å². The molecule has 22 heteroatoms. The number of carboxylic acid groups (broad SMARTS) is 1. The number of hydroxylamine groups is 1. The number of carboxylic acids is 1. The molecule has 1 saturated heterocycles. The number of nitrogens with one attached hydrogen (secondary N) is 5. The smallest absolute Gasteiger partial charge is 0.305 e. The fourth-order valence-electron chi connectivity index (χ4n) is 10.0. The van der Waals surface area contributed by atoms with Crippen molar-refractivity contribution in [1.29, 1.82) is 0 Å².